The SMILES string of the molecule is Cc1ccc(OCC(=O)N/N=C\c2ccc(C#N)cc2)cc1. The highest BCUT2D eigenvalue weighted by atomic mass is 16.5. The van der Waals surface area contributed by atoms with Gasteiger partial charge in [0.2, 0.25) is 0 Å². The van der Waals surface area contributed by atoms with Crippen LogP contribution in [0.15, 0.2) is 53.6 Å². The summed E-state index contributed by atoms with van der Waals surface area (Å²) in [7, 11) is 0. The summed E-state index contributed by atoms with van der Waals surface area (Å²) in [4.78, 5) is 11.6. The van der Waals surface area contributed by atoms with Crippen molar-refractivity contribution in [3.63, 3.8) is 0 Å². The molecule has 110 valence electrons. The molecule has 0 heterocycles. The first kappa shape index (κ1) is 15.3. The molecule has 0 aliphatic heterocycles. The van der Waals surface area contributed by atoms with Crippen molar-refractivity contribution in [2.75, 3.05) is 6.61 Å². The van der Waals surface area contributed by atoms with E-state index in [1.807, 2.05) is 37.3 Å². The molecule has 2 aromatic rings. The van der Waals surface area contributed by atoms with E-state index in [2.05, 4.69) is 10.5 Å². The minimum Gasteiger partial charge on any atom is -0.484 e. The Hall–Kier alpha value is -3.13. The van der Waals surface area contributed by atoms with Crippen LogP contribution >= 0.6 is 0 Å². The topological polar surface area (TPSA) is 74.5 Å². The number of hydrogen-bond acceptors (Lipinski definition) is 4. The summed E-state index contributed by atoms with van der Waals surface area (Å²) in [5.41, 5.74) is 4.88. The highest BCUT2D eigenvalue weighted by Gasteiger charge is 2.01. The van der Waals surface area contributed by atoms with Crippen molar-refractivity contribution in [2.45, 2.75) is 6.92 Å². The predicted octanol–water partition coefficient (Wildman–Crippen LogP) is 2.40. The zero-order chi connectivity index (χ0) is 15.8. The predicted molar refractivity (Wildman–Crippen MR) is 83.6 cm³/mol. The Morgan fingerprint density at radius 3 is 2.55 bits per heavy atom. The van der Waals surface area contributed by atoms with Gasteiger partial charge in [0, 0.05) is 0 Å². The molecule has 0 radical (unpaired) electrons. The normalized spacial score (nSPS) is 10.2. The smallest absolute Gasteiger partial charge is 0.277 e. The number of carbonyl (C=O) groups excluding carboxylic acids is 1. The molecule has 0 atom stereocenters. The second-order valence-corrected chi connectivity index (χ2v) is 4.63. The fraction of sp³-hybridized carbons (Fsp3) is 0.118. The van der Waals surface area contributed by atoms with Crippen LogP contribution in [0.5, 0.6) is 5.75 Å². The lowest BCUT2D eigenvalue weighted by Gasteiger charge is -2.04. The minimum atomic E-state index is -0.342. The summed E-state index contributed by atoms with van der Waals surface area (Å²) in [5.74, 6) is 0.294. The fourth-order valence-electron chi connectivity index (χ4n) is 1.64. The molecular formula is C17H15N3O2. The van der Waals surface area contributed by atoms with Gasteiger partial charge >= 0.3 is 0 Å². The third kappa shape index (κ3) is 4.76. The van der Waals surface area contributed by atoms with Gasteiger partial charge in [-0.2, -0.15) is 10.4 Å². The summed E-state index contributed by atoms with van der Waals surface area (Å²) in [6.45, 7) is 1.88. The summed E-state index contributed by atoms with van der Waals surface area (Å²) in [6.07, 6.45) is 1.50. The van der Waals surface area contributed by atoms with E-state index in [1.165, 1.54) is 6.21 Å². The third-order valence-electron chi connectivity index (χ3n) is 2.83. The number of nitrogens with one attached hydrogen (secondary N) is 1. The Morgan fingerprint density at radius 1 is 1.23 bits per heavy atom. The Morgan fingerprint density at radius 2 is 1.91 bits per heavy atom. The Kier molecular flexibility index (Phi) is 5.27. The molecule has 0 saturated heterocycles. The van der Waals surface area contributed by atoms with Gasteiger partial charge in [-0.1, -0.05) is 29.8 Å². The van der Waals surface area contributed by atoms with Crippen LogP contribution in [0.4, 0.5) is 0 Å². The third-order valence-corrected chi connectivity index (χ3v) is 2.83. The van der Waals surface area contributed by atoms with E-state index in [4.69, 9.17) is 10.00 Å². The number of nitrogens with zero attached hydrogens (tertiary/aromatic N) is 2. The van der Waals surface area contributed by atoms with Gasteiger partial charge in [0.25, 0.3) is 5.91 Å². The highest BCUT2D eigenvalue weighted by molar-refractivity contribution is 5.83. The molecule has 0 fully saturated rings. The molecule has 1 N–H and O–H groups in total. The molecule has 0 saturated carbocycles. The summed E-state index contributed by atoms with van der Waals surface area (Å²) < 4.78 is 5.33. The number of carbonyl (C=O) groups is 1. The summed E-state index contributed by atoms with van der Waals surface area (Å²) in [6, 6.07) is 16.3. The lowest BCUT2D eigenvalue weighted by Crippen LogP contribution is -2.24. The van der Waals surface area contributed by atoms with Crippen molar-refractivity contribution >= 4 is 12.1 Å². The van der Waals surface area contributed by atoms with E-state index < -0.39 is 0 Å². The number of aryl methyl sites for hydroxylation is 1. The number of hydrazone groups is 1. The van der Waals surface area contributed by atoms with Crippen molar-refractivity contribution in [2.24, 2.45) is 5.10 Å². The first-order valence-electron chi connectivity index (χ1n) is 6.69. The number of benzene rings is 2. The Bertz CT molecular complexity index is 698. The Balaban J connectivity index is 1.78. The van der Waals surface area contributed by atoms with E-state index in [0.29, 0.717) is 11.3 Å². The average molecular weight is 293 g/mol. The van der Waals surface area contributed by atoms with Crippen molar-refractivity contribution in [1.29, 1.82) is 5.26 Å². The molecule has 0 aromatic heterocycles. The van der Waals surface area contributed by atoms with Crippen LogP contribution < -0.4 is 10.2 Å². The number of nitriles is 1. The van der Waals surface area contributed by atoms with E-state index in [1.54, 1.807) is 24.3 Å². The molecule has 0 bridgehead atoms. The largest absolute Gasteiger partial charge is 0.484 e. The fourth-order valence-corrected chi connectivity index (χ4v) is 1.64. The molecular weight excluding hydrogens is 278 g/mol. The quantitative estimate of drug-likeness (QED) is 0.679. The first-order valence-corrected chi connectivity index (χ1v) is 6.69. The van der Waals surface area contributed by atoms with Crippen LogP contribution in [0, 0.1) is 18.3 Å². The van der Waals surface area contributed by atoms with E-state index in [-0.39, 0.29) is 12.5 Å². The molecule has 2 rings (SSSR count). The molecule has 0 spiro atoms. The maximum absolute atomic E-state index is 11.6. The van der Waals surface area contributed by atoms with Gasteiger partial charge in [0.05, 0.1) is 17.8 Å². The zero-order valence-electron chi connectivity index (χ0n) is 12.1. The van der Waals surface area contributed by atoms with Gasteiger partial charge in [-0.15, -0.1) is 0 Å². The van der Waals surface area contributed by atoms with E-state index in [9.17, 15) is 4.79 Å². The maximum atomic E-state index is 11.6. The second-order valence-electron chi connectivity index (χ2n) is 4.63. The van der Waals surface area contributed by atoms with Crippen molar-refractivity contribution in [1.82, 2.24) is 5.43 Å². The molecule has 22 heavy (non-hydrogen) atoms. The van der Waals surface area contributed by atoms with Gasteiger partial charge in [-0.05, 0) is 36.8 Å². The number of amides is 1. The van der Waals surface area contributed by atoms with Crippen molar-refractivity contribution in [3.8, 4) is 11.8 Å². The first-order chi connectivity index (χ1) is 10.7. The molecule has 2 aromatic carbocycles. The van der Waals surface area contributed by atoms with Gasteiger partial charge in [0.15, 0.2) is 6.61 Å². The lowest BCUT2D eigenvalue weighted by atomic mass is 10.2. The van der Waals surface area contributed by atoms with Crippen molar-refractivity contribution < 1.29 is 9.53 Å². The minimum absolute atomic E-state index is 0.103. The number of rotatable bonds is 5. The summed E-state index contributed by atoms with van der Waals surface area (Å²) in [5, 5.41) is 12.5. The van der Waals surface area contributed by atoms with Gasteiger partial charge < -0.3 is 4.74 Å². The lowest BCUT2D eigenvalue weighted by molar-refractivity contribution is -0.123. The van der Waals surface area contributed by atoms with Gasteiger partial charge in [-0.25, -0.2) is 5.43 Å². The summed E-state index contributed by atoms with van der Waals surface area (Å²) >= 11 is 0. The monoisotopic (exact) mass is 293 g/mol. The highest BCUT2D eigenvalue weighted by Crippen LogP contribution is 2.10. The van der Waals surface area contributed by atoms with E-state index in [0.717, 1.165) is 11.1 Å². The average Bonchev–Trinajstić information content (AvgIpc) is 2.55. The molecule has 1 amide bonds. The number of hydrogen-bond donors (Lipinski definition) is 1. The van der Waals surface area contributed by atoms with Crippen LogP contribution in [0.1, 0.15) is 16.7 Å². The molecule has 5 nitrogen and oxygen atoms in total. The van der Waals surface area contributed by atoms with Crippen LogP contribution in [0.2, 0.25) is 0 Å². The number of ether oxygens (including phenoxy) is 1. The standard InChI is InChI=1S/C17H15N3O2/c1-13-2-8-16(9-3-13)22-12-17(21)20-19-11-15-6-4-14(10-18)5-7-15/h2-9,11H,12H2,1H3,(H,20,21)/b19-11-. The van der Waals surface area contributed by atoms with E-state index >= 15 is 0 Å². The van der Waals surface area contributed by atoms with Crippen molar-refractivity contribution in [3.05, 3.63) is 65.2 Å². The zero-order valence-corrected chi connectivity index (χ0v) is 12.1. The van der Waals surface area contributed by atoms with Crippen LogP contribution in [0.3, 0.4) is 0 Å². The Labute approximate surface area is 128 Å². The van der Waals surface area contributed by atoms with Gasteiger partial charge in [0.1, 0.15) is 5.75 Å². The molecule has 0 unspecified atom stereocenters. The second kappa shape index (κ2) is 7.60. The molecule has 5 heteroatoms. The van der Waals surface area contributed by atoms with Crippen LogP contribution in [-0.2, 0) is 4.79 Å². The van der Waals surface area contributed by atoms with Crippen LogP contribution in [0.25, 0.3) is 0 Å². The van der Waals surface area contributed by atoms with Crippen LogP contribution in [-0.4, -0.2) is 18.7 Å². The molecule has 0 aliphatic carbocycles. The van der Waals surface area contributed by atoms with Gasteiger partial charge in [-0.3, -0.25) is 4.79 Å². The maximum Gasteiger partial charge on any atom is 0.277 e. The molecule has 0 aliphatic rings.